The Morgan fingerprint density at radius 1 is 1.13 bits per heavy atom. The molecule has 1 N–H and O–H groups in total. The van der Waals surface area contributed by atoms with Crippen molar-refractivity contribution < 1.29 is 19.1 Å². The second-order valence-electron chi connectivity index (χ2n) is 6.71. The number of benzene rings is 2. The van der Waals surface area contributed by atoms with E-state index in [9.17, 15) is 9.59 Å². The van der Waals surface area contributed by atoms with Gasteiger partial charge in [-0.2, -0.15) is 0 Å². The van der Waals surface area contributed by atoms with Crippen molar-refractivity contribution in [2.24, 2.45) is 0 Å². The van der Waals surface area contributed by atoms with Crippen molar-refractivity contribution in [3.63, 3.8) is 0 Å². The van der Waals surface area contributed by atoms with Gasteiger partial charge in [0.15, 0.2) is 0 Å². The van der Waals surface area contributed by atoms with Crippen LogP contribution in [0.15, 0.2) is 64.6 Å². The molecule has 7 nitrogen and oxygen atoms in total. The van der Waals surface area contributed by atoms with Crippen LogP contribution >= 0.6 is 11.8 Å². The van der Waals surface area contributed by atoms with E-state index >= 15 is 0 Å². The number of hydrogen-bond donors (Lipinski definition) is 1. The van der Waals surface area contributed by atoms with Gasteiger partial charge in [0, 0.05) is 29.3 Å². The third-order valence-electron chi connectivity index (χ3n) is 4.94. The van der Waals surface area contributed by atoms with Gasteiger partial charge in [0.2, 0.25) is 0 Å². The van der Waals surface area contributed by atoms with Crippen LogP contribution in [-0.4, -0.2) is 37.6 Å². The van der Waals surface area contributed by atoms with Crippen LogP contribution in [0, 0.1) is 0 Å². The van der Waals surface area contributed by atoms with E-state index in [4.69, 9.17) is 9.47 Å². The Balaban J connectivity index is 1.68. The zero-order valence-corrected chi connectivity index (χ0v) is 18.2. The first-order valence-corrected chi connectivity index (χ1v) is 10.5. The number of ether oxygens (including phenoxy) is 2. The topological polar surface area (TPSA) is 80.8 Å². The lowest BCUT2D eigenvalue weighted by molar-refractivity contribution is 0.0984. The number of hydrogen-bond acceptors (Lipinski definition) is 6. The van der Waals surface area contributed by atoms with Crippen LogP contribution in [0.5, 0.6) is 11.5 Å². The number of rotatable bonds is 5. The summed E-state index contributed by atoms with van der Waals surface area (Å²) in [6.07, 6.45) is 1.66. The molecule has 0 spiro atoms. The Bertz CT molecular complexity index is 1170. The molecule has 8 heteroatoms. The molecular formula is C23H21N3O4S. The van der Waals surface area contributed by atoms with Crippen molar-refractivity contribution in [1.29, 1.82) is 0 Å². The molecular weight excluding hydrogens is 414 g/mol. The summed E-state index contributed by atoms with van der Waals surface area (Å²) in [5.74, 6) is 0.744. The van der Waals surface area contributed by atoms with E-state index in [1.165, 1.54) is 18.9 Å². The minimum absolute atomic E-state index is 0.1000. The SMILES string of the molecule is CCN1C(=O)c2cccnc2Sc2cc(C(=O)Nc3ccc(OC)cc3OC)ccc21. The van der Waals surface area contributed by atoms with Crippen molar-refractivity contribution in [3.05, 3.63) is 65.9 Å². The molecule has 3 aromatic rings. The van der Waals surface area contributed by atoms with Crippen LogP contribution in [0.2, 0.25) is 0 Å². The minimum atomic E-state index is -0.285. The summed E-state index contributed by atoms with van der Waals surface area (Å²) in [4.78, 5) is 32.8. The molecule has 31 heavy (non-hydrogen) atoms. The third kappa shape index (κ3) is 3.94. The number of fused-ring (bicyclic) bond motifs is 2. The standard InChI is InChI=1S/C23H21N3O4S/c1-4-26-18-10-7-14(12-20(18)31-22-16(23(26)28)6-5-11-24-22)21(27)25-17-9-8-15(29-2)13-19(17)30-3/h5-13H,4H2,1-3H3,(H,25,27). The second kappa shape index (κ2) is 8.69. The van der Waals surface area contributed by atoms with E-state index in [0.29, 0.717) is 39.9 Å². The molecule has 0 unspecified atom stereocenters. The lowest BCUT2D eigenvalue weighted by Gasteiger charge is -2.21. The summed E-state index contributed by atoms with van der Waals surface area (Å²) in [5.41, 5.74) is 2.31. The fourth-order valence-electron chi connectivity index (χ4n) is 3.36. The molecule has 2 heterocycles. The third-order valence-corrected chi connectivity index (χ3v) is 6.00. The fourth-order valence-corrected chi connectivity index (χ4v) is 4.42. The Hall–Kier alpha value is -3.52. The van der Waals surface area contributed by atoms with Crippen LogP contribution in [0.3, 0.4) is 0 Å². The summed E-state index contributed by atoms with van der Waals surface area (Å²) in [6, 6.07) is 14.0. The molecule has 0 bridgehead atoms. The van der Waals surface area contributed by atoms with Crippen molar-refractivity contribution in [3.8, 4) is 11.5 Å². The Labute approximate surface area is 184 Å². The van der Waals surface area contributed by atoms with Gasteiger partial charge in [0.1, 0.15) is 16.5 Å². The number of nitrogens with one attached hydrogen (secondary N) is 1. The van der Waals surface area contributed by atoms with E-state index in [2.05, 4.69) is 10.3 Å². The molecule has 2 aromatic carbocycles. The number of carbonyl (C=O) groups is 2. The molecule has 0 saturated carbocycles. The molecule has 4 rings (SSSR count). The highest BCUT2D eigenvalue weighted by Gasteiger charge is 2.27. The summed E-state index contributed by atoms with van der Waals surface area (Å²) in [7, 11) is 3.10. The summed E-state index contributed by atoms with van der Waals surface area (Å²) in [6.45, 7) is 2.43. The highest BCUT2D eigenvalue weighted by molar-refractivity contribution is 7.99. The first kappa shape index (κ1) is 20.7. The molecule has 1 aliphatic rings. The molecule has 0 saturated heterocycles. The fraction of sp³-hybridized carbons (Fsp3) is 0.174. The molecule has 0 atom stereocenters. The molecule has 1 aliphatic heterocycles. The predicted molar refractivity (Wildman–Crippen MR) is 120 cm³/mol. The van der Waals surface area contributed by atoms with Gasteiger partial charge in [-0.05, 0) is 49.4 Å². The molecule has 0 aliphatic carbocycles. The number of amides is 2. The van der Waals surface area contributed by atoms with E-state index in [1.807, 2.05) is 6.92 Å². The maximum Gasteiger partial charge on any atom is 0.261 e. The molecule has 1 aromatic heterocycles. The van der Waals surface area contributed by atoms with Crippen molar-refractivity contribution >= 4 is 35.0 Å². The van der Waals surface area contributed by atoms with Gasteiger partial charge in [-0.1, -0.05) is 11.8 Å². The van der Waals surface area contributed by atoms with Crippen molar-refractivity contribution in [2.75, 3.05) is 31.0 Å². The summed E-state index contributed by atoms with van der Waals surface area (Å²) < 4.78 is 10.6. The summed E-state index contributed by atoms with van der Waals surface area (Å²) >= 11 is 1.38. The van der Waals surface area contributed by atoms with Gasteiger partial charge in [-0.3, -0.25) is 9.59 Å². The number of carbonyl (C=O) groups excluding carboxylic acids is 2. The lowest BCUT2D eigenvalue weighted by Crippen LogP contribution is -2.30. The number of nitrogens with zero attached hydrogens (tertiary/aromatic N) is 2. The van der Waals surface area contributed by atoms with E-state index in [-0.39, 0.29) is 11.8 Å². The van der Waals surface area contributed by atoms with E-state index in [0.717, 1.165) is 10.6 Å². The van der Waals surface area contributed by atoms with Gasteiger partial charge < -0.3 is 19.7 Å². The van der Waals surface area contributed by atoms with Gasteiger partial charge in [0.25, 0.3) is 11.8 Å². The minimum Gasteiger partial charge on any atom is -0.497 e. The van der Waals surface area contributed by atoms with Crippen LogP contribution in [0.25, 0.3) is 0 Å². The van der Waals surface area contributed by atoms with Crippen LogP contribution < -0.4 is 19.7 Å². The van der Waals surface area contributed by atoms with Crippen LogP contribution in [0.1, 0.15) is 27.6 Å². The van der Waals surface area contributed by atoms with Gasteiger partial charge in [-0.25, -0.2) is 4.98 Å². The first-order chi connectivity index (χ1) is 15.0. The highest BCUT2D eigenvalue weighted by Crippen LogP contribution is 2.41. The number of aromatic nitrogens is 1. The highest BCUT2D eigenvalue weighted by atomic mass is 32.2. The zero-order chi connectivity index (χ0) is 22.0. The first-order valence-electron chi connectivity index (χ1n) is 9.68. The summed E-state index contributed by atoms with van der Waals surface area (Å²) in [5, 5.41) is 3.50. The van der Waals surface area contributed by atoms with Crippen LogP contribution in [0.4, 0.5) is 11.4 Å². The normalized spacial score (nSPS) is 12.5. The molecule has 2 amide bonds. The average Bonchev–Trinajstić information content (AvgIpc) is 2.92. The van der Waals surface area contributed by atoms with Crippen molar-refractivity contribution in [2.45, 2.75) is 16.8 Å². The van der Waals surface area contributed by atoms with Gasteiger partial charge in [-0.15, -0.1) is 0 Å². The van der Waals surface area contributed by atoms with Crippen LogP contribution in [-0.2, 0) is 0 Å². The monoisotopic (exact) mass is 435 g/mol. The number of anilines is 2. The maximum absolute atomic E-state index is 13.0. The molecule has 0 radical (unpaired) electrons. The Kier molecular flexibility index (Phi) is 5.81. The molecule has 0 fully saturated rings. The number of pyridine rings is 1. The predicted octanol–water partition coefficient (Wildman–Crippen LogP) is 4.48. The second-order valence-corrected chi connectivity index (χ2v) is 7.74. The van der Waals surface area contributed by atoms with E-state index < -0.39 is 0 Å². The Morgan fingerprint density at radius 3 is 2.71 bits per heavy atom. The molecule has 158 valence electrons. The van der Waals surface area contributed by atoms with Crippen molar-refractivity contribution in [1.82, 2.24) is 4.98 Å². The van der Waals surface area contributed by atoms with Gasteiger partial charge >= 0.3 is 0 Å². The lowest BCUT2D eigenvalue weighted by atomic mass is 10.1. The average molecular weight is 436 g/mol. The van der Waals surface area contributed by atoms with Gasteiger partial charge in [0.05, 0.1) is 31.2 Å². The quantitative estimate of drug-likeness (QED) is 0.636. The Morgan fingerprint density at radius 2 is 1.97 bits per heavy atom. The maximum atomic E-state index is 13.0. The zero-order valence-electron chi connectivity index (χ0n) is 17.3. The largest absolute Gasteiger partial charge is 0.497 e. The smallest absolute Gasteiger partial charge is 0.261 e. The van der Waals surface area contributed by atoms with E-state index in [1.54, 1.807) is 66.7 Å². The number of methoxy groups -OCH3 is 2.